The molecule has 1 aromatic carbocycles. The van der Waals surface area contributed by atoms with Gasteiger partial charge in [-0.05, 0) is 37.1 Å². The molecule has 1 heterocycles. The van der Waals surface area contributed by atoms with Crippen LogP contribution in [0.25, 0.3) is 0 Å². The summed E-state index contributed by atoms with van der Waals surface area (Å²) in [6.07, 6.45) is 1.67. The molecule has 0 amide bonds. The molecule has 1 aromatic heterocycles. The van der Waals surface area contributed by atoms with Gasteiger partial charge in [-0.15, -0.1) is 0 Å². The maximum Gasteiger partial charge on any atom is 0.294 e. The lowest BCUT2D eigenvalue weighted by Gasteiger charge is -2.18. The molecular weight excluding hydrogens is 293 g/mol. The van der Waals surface area contributed by atoms with Crippen LogP contribution in [0.1, 0.15) is 36.1 Å². The molecule has 1 unspecified atom stereocenters. The fraction of sp³-hybridized carbons (Fsp3) is 0.267. The molecule has 4 nitrogen and oxygen atoms in total. The molecule has 112 valence electrons. The fourth-order valence-electron chi connectivity index (χ4n) is 2.36. The first-order chi connectivity index (χ1) is 9.82. The van der Waals surface area contributed by atoms with Crippen LogP contribution in [0, 0.1) is 12.7 Å². The summed E-state index contributed by atoms with van der Waals surface area (Å²) in [7, 11) is -4.32. The molecule has 0 aliphatic heterocycles. The average molecular weight is 309 g/mol. The largest absolute Gasteiger partial charge is 0.294 e. The van der Waals surface area contributed by atoms with E-state index in [1.165, 1.54) is 18.2 Å². The van der Waals surface area contributed by atoms with Crippen molar-refractivity contribution in [1.82, 2.24) is 4.98 Å². The van der Waals surface area contributed by atoms with Crippen molar-refractivity contribution in [3.8, 4) is 0 Å². The summed E-state index contributed by atoms with van der Waals surface area (Å²) < 4.78 is 45.5. The Morgan fingerprint density at radius 2 is 2.00 bits per heavy atom. The van der Waals surface area contributed by atoms with Gasteiger partial charge in [0.15, 0.2) is 0 Å². The van der Waals surface area contributed by atoms with Crippen molar-refractivity contribution >= 4 is 10.1 Å². The Labute approximate surface area is 123 Å². The second-order valence-corrected chi connectivity index (χ2v) is 6.27. The molecule has 0 radical (unpaired) electrons. The van der Waals surface area contributed by atoms with Gasteiger partial charge in [0.2, 0.25) is 0 Å². The zero-order valence-corrected chi connectivity index (χ0v) is 12.6. The Hall–Kier alpha value is -1.79. The Balaban J connectivity index is 2.62. The van der Waals surface area contributed by atoms with Gasteiger partial charge in [-0.2, -0.15) is 8.42 Å². The summed E-state index contributed by atoms with van der Waals surface area (Å²) in [5, 5.41) is 0. The second-order valence-electron chi connectivity index (χ2n) is 4.88. The number of nitrogens with zero attached hydrogens (tertiary/aromatic N) is 1. The molecule has 2 rings (SSSR count). The molecular formula is C15H16FNO3S. The Bertz CT molecular complexity index is 742. The quantitative estimate of drug-likeness (QED) is 0.880. The molecule has 0 spiro atoms. The van der Waals surface area contributed by atoms with Crippen molar-refractivity contribution in [3.05, 3.63) is 59.2 Å². The van der Waals surface area contributed by atoms with Gasteiger partial charge in [-0.1, -0.05) is 24.6 Å². The summed E-state index contributed by atoms with van der Waals surface area (Å²) in [5.41, 5.74) is 1.91. The molecule has 0 saturated carbocycles. The molecule has 1 N–H and O–H groups in total. The summed E-state index contributed by atoms with van der Waals surface area (Å²) >= 11 is 0. The van der Waals surface area contributed by atoms with Crippen molar-refractivity contribution in [2.24, 2.45) is 0 Å². The lowest BCUT2D eigenvalue weighted by atomic mass is 9.91. The normalized spacial score (nSPS) is 13.1. The van der Waals surface area contributed by atoms with Crippen LogP contribution >= 0.6 is 0 Å². The van der Waals surface area contributed by atoms with Crippen LogP contribution in [0.15, 0.2) is 41.4 Å². The summed E-state index contributed by atoms with van der Waals surface area (Å²) in [4.78, 5) is 3.89. The summed E-state index contributed by atoms with van der Waals surface area (Å²) in [6.45, 7) is 3.72. The number of rotatable bonds is 4. The standard InChI is InChI=1S/C15H16FNO3S/c1-3-12(14-6-5-11(16)9-17-14)13-8-10(2)4-7-15(13)21(18,19)20/h4-9,12H,3H2,1-2H3,(H,18,19,20). The van der Waals surface area contributed by atoms with Crippen molar-refractivity contribution < 1.29 is 17.4 Å². The van der Waals surface area contributed by atoms with Gasteiger partial charge in [-0.3, -0.25) is 9.54 Å². The fourth-order valence-corrected chi connectivity index (χ4v) is 3.10. The first-order valence-electron chi connectivity index (χ1n) is 6.52. The maximum absolute atomic E-state index is 13.0. The third-order valence-electron chi connectivity index (χ3n) is 3.33. The number of aryl methyl sites for hydroxylation is 1. The zero-order chi connectivity index (χ0) is 15.6. The van der Waals surface area contributed by atoms with E-state index in [-0.39, 0.29) is 10.8 Å². The van der Waals surface area contributed by atoms with Gasteiger partial charge in [0.05, 0.1) is 11.1 Å². The van der Waals surface area contributed by atoms with Gasteiger partial charge in [-0.25, -0.2) is 4.39 Å². The molecule has 0 aliphatic carbocycles. The van der Waals surface area contributed by atoms with Crippen LogP contribution in [0.4, 0.5) is 4.39 Å². The first kappa shape index (κ1) is 15.6. The van der Waals surface area contributed by atoms with Gasteiger partial charge < -0.3 is 0 Å². The number of pyridine rings is 1. The van der Waals surface area contributed by atoms with Gasteiger partial charge in [0.25, 0.3) is 10.1 Å². The zero-order valence-electron chi connectivity index (χ0n) is 11.7. The van der Waals surface area contributed by atoms with Crippen LogP contribution in [-0.2, 0) is 10.1 Å². The van der Waals surface area contributed by atoms with E-state index in [0.717, 1.165) is 11.8 Å². The second kappa shape index (κ2) is 5.91. The van der Waals surface area contributed by atoms with Crippen LogP contribution in [0.3, 0.4) is 0 Å². The van der Waals surface area contributed by atoms with Gasteiger partial charge >= 0.3 is 0 Å². The highest BCUT2D eigenvalue weighted by atomic mass is 32.2. The predicted octanol–water partition coefficient (Wildman–Crippen LogP) is 3.32. The highest BCUT2D eigenvalue weighted by molar-refractivity contribution is 7.85. The number of benzene rings is 1. The van der Waals surface area contributed by atoms with E-state index in [1.807, 2.05) is 13.8 Å². The molecule has 2 aromatic rings. The SMILES string of the molecule is CCC(c1ccc(F)cn1)c1cc(C)ccc1S(=O)(=O)O. The highest BCUT2D eigenvalue weighted by Gasteiger charge is 2.23. The molecule has 0 fully saturated rings. The molecule has 0 aliphatic rings. The topological polar surface area (TPSA) is 67.3 Å². The maximum atomic E-state index is 13.0. The molecule has 0 saturated heterocycles. The monoisotopic (exact) mass is 309 g/mol. The minimum Gasteiger partial charge on any atom is -0.282 e. The van der Waals surface area contributed by atoms with E-state index < -0.39 is 15.9 Å². The Morgan fingerprint density at radius 1 is 1.29 bits per heavy atom. The van der Waals surface area contributed by atoms with E-state index in [0.29, 0.717) is 17.7 Å². The van der Waals surface area contributed by atoms with E-state index in [2.05, 4.69) is 4.98 Å². The van der Waals surface area contributed by atoms with Crippen LogP contribution in [0.5, 0.6) is 0 Å². The smallest absolute Gasteiger partial charge is 0.282 e. The average Bonchev–Trinajstić information content (AvgIpc) is 2.40. The van der Waals surface area contributed by atoms with Gasteiger partial charge in [0.1, 0.15) is 5.82 Å². The lowest BCUT2D eigenvalue weighted by Crippen LogP contribution is -2.10. The van der Waals surface area contributed by atoms with Crippen molar-refractivity contribution in [2.45, 2.75) is 31.1 Å². The summed E-state index contributed by atoms with van der Waals surface area (Å²) in [6, 6.07) is 7.53. The molecule has 6 heteroatoms. The minimum absolute atomic E-state index is 0.133. The Morgan fingerprint density at radius 3 is 2.52 bits per heavy atom. The van der Waals surface area contributed by atoms with Crippen molar-refractivity contribution in [2.75, 3.05) is 0 Å². The Kier molecular flexibility index (Phi) is 4.39. The number of halogens is 1. The third-order valence-corrected chi connectivity index (χ3v) is 4.26. The molecule has 0 bridgehead atoms. The van der Waals surface area contributed by atoms with Crippen molar-refractivity contribution in [3.63, 3.8) is 0 Å². The van der Waals surface area contributed by atoms with E-state index >= 15 is 0 Å². The van der Waals surface area contributed by atoms with E-state index in [1.54, 1.807) is 12.1 Å². The van der Waals surface area contributed by atoms with Crippen LogP contribution in [0.2, 0.25) is 0 Å². The van der Waals surface area contributed by atoms with Crippen LogP contribution in [-0.4, -0.2) is 18.0 Å². The number of hydrogen-bond donors (Lipinski definition) is 1. The van der Waals surface area contributed by atoms with E-state index in [4.69, 9.17) is 0 Å². The van der Waals surface area contributed by atoms with Gasteiger partial charge in [0, 0.05) is 11.6 Å². The minimum atomic E-state index is -4.32. The highest BCUT2D eigenvalue weighted by Crippen LogP contribution is 2.32. The van der Waals surface area contributed by atoms with Crippen LogP contribution < -0.4 is 0 Å². The first-order valence-corrected chi connectivity index (χ1v) is 7.96. The molecule has 21 heavy (non-hydrogen) atoms. The lowest BCUT2D eigenvalue weighted by molar-refractivity contribution is 0.481. The number of hydrogen-bond acceptors (Lipinski definition) is 3. The number of aromatic nitrogens is 1. The van der Waals surface area contributed by atoms with Crippen molar-refractivity contribution in [1.29, 1.82) is 0 Å². The molecule has 1 atom stereocenters. The predicted molar refractivity (Wildman–Crippen MR) is 77.3 cm³/mol. The van der Waals surface area contributed by atoms with E-state index in [9.17, 15) is 17.4 Å². The summed E-state index contributed by atoms with van der Waals surface area (Å²) in [5.74, 6) is -0.782. The third kappa shape index (κ3) is 3.46.